The van der Waals surface area contributed by atoms with E-state index in [0.29, 0.717) is 18.7 Å². The van der Waals surface area contributed by atoms with Crippen molar-refractivity contribution in [2.24, 2.45) is 0 Å². The molecule has 0 aromatic heterocycles. The Balaban J connectivity index is 0.00000364. The fourth-order valence-electron chi connectivity index (χ4n) is 3.06. The van der Waals surface area contributed by atoms with Crippen molar-refractivity contribution in [1.29, 1.82) is 0 Å². The quantitative estimate of drug-likeness (QED) is 0.762. The van der Waals surface area contributed by atoms with Crippen LogP contribution in [-0.2, 0) is 10.0 Å². The predicted octanol–water partition coefficient (Wildman–Crippen LogP) is 2.02. The molecule has 7 nitrogen and oxygen atoms in total. The molecule has 154 valence electrons. The molecule has 9 heteroatoms. The van der Waals surface area contributed by atoms with Crippen molar-refractivity contribution in [2.45, 2.75) is 50.1 Å². The zero-order valence-electron chi connectivity index (χ0n) is 16.5. The van der Waals surface area contributed by atoms with Gasteiger partial charge in [0.15, 0.2) is 0 Å². The lowest BCUT2D eigenvalue weighted by atomic mass is 10.0. The minimum atomic E-state index is -3.82. The lowest BCUT2D eigenvalue weighted by Crippen LogP contribution is -2.47. The van der Waals surface area contributed by atoms with E-state index in [-0.39, 0.29) is 35.0 Å². The van der Waals surface area contributed by atoms with E-state index in [0.717, 1.165) is 12.8 Å². The zero-order valence-corrected chi connectivity index (χ0v) is 18.2. The van der Waals surface area contributed by atoms with Crippen LogP contribution < -0.4 is 14.8 Å². The standard InChI is InChI=1S/C18H29N3O4S.ClH/c1-18(2,3)20-26(23,24)16-11-13(8-9-15(16)25-5)17(22)21-10-6-7-14(12-21)19-4;/h8-9,11,14,19-20H,6-7,10,12H2,1-5H3;1H. The van der Waals surface area contributed by atoms with Crippen LogP contribution in [0, 0.1) is 0 Å². The molecule has 0 saturated carbocycles. The first kappa shape index (κ1) is 23.7. The van der Waals surface area contributed by atoms with E-state index in [2.05, 4.69) is 10.0 Å². The van der Waals surface area contributed by atoms with E-state index in [1.165, 1.54) is 19.2 Å². The first-order valence-corrected chi connectivity index (χ1v) is 10.2. The summed E-state index contributed by atoms with van der Waals surface area (Å²) in [5.41, 5.74) is -0.298. The molecule has 2 rings (SSSR count). The smallest absolute Gasteiger partial charge is 0.253 e. The third-order valence-electron chi connectivity index (χ3n) is 4.26. The van der Waals surface area contributed by atoms with Crippen LogP contribution in [0.4, 0.5) is 0 Å². The van der Waals surface area contributed by atoms with Gasteiger partial charge in [-0.2, -0.15) is 0 Å². The number of nitrogens with one attached hydrogen (secondary N) is 2. The number of carbonyl (C=O) groups is 1. The summed E-state index contributed by atoms with van der Waals surface area (Å²) in [4.78, 5) is 14.6. The van der Waals surface area contributed by atoms with Crippen LogP contribution in [-0.4, -0.2) is 58.1 Å². The third kappa shape index (κ3) is 6.07. The average Bonchev–Trinajstić information content (AvgIpc) is 2.58. The SMILES string of the molecule is CNC1CCCN(C(=O)c2ccc(OC)c(S(=O)(=O)NC(C)(C)C)c2)C1.Cl. The van der Waals surface area contributed by atoms with E-state index in [1.54, 1.807) is 31.7 Å². The summed E-state index contributed by atoms with van der Waals surface area (Å²) in [6.07, 6.45) is 1.95. The van der Waals surface area contributed by atoms with Gasteiger partial charge in [-0.25, -0.2) is 13.1 Å². The first-order chi connectivity index (χ1) is 12.1. The van der Waals surface area contributed by atoms with Gasteiger partial charge in [-0.15, -0.1) is 12.4 Å². The Hall–Kier alpha value is -1.35. The summed E-state index contributed by atoms with van der Waals surface area (Å²) in [6.45, 7) is 6.57. The molecule has 1 aliphatic heterocycles. The van der Waals surface area contributed by atoms with Gasteiger partial charge in [0.05, 0.1) is 7.11 Å². The van der Waals surface area contributed by atoms with Crippen molar-refractivity contribution in [2.75, 3.05) is 27.2 Å². The van der Waals surface area contributed by atoms with Crippen LogP contribution in [0.25, 0.3) is 0 Å². The normalized spacial score (nSPS) is 18.0. The summed E-state index contributed by atoms with van der Waals surface area (Å²) in [7, 11) is -0.525. The lowest BCUT2D eigenvalue weighted by molar-refractivity contribution is 0.0698. The molecule has 2 N–H and O–H groups in total. The molecule has 1 aromatic rings. The minimum Gasteiger partial charge on any atom is -0.495 e. The topological polar surface area (TPSA) is 87.7 Å². The molecule has 1 heterocycles. The Bertz CT molecular complexity index is 762. The van der Waals surface area contributed by atoms with Crippen molar-refractivity contribution >= 4 is 28.3 Å². The molecule has 1 amide bonds. The fraction of sp³-hybridized carbons (Fsp3) is 0.611. The maximum absolute atomic E-state index is 12.9. The number of hydrogen-bond acceptors (Lipinski definition) is 5. The second-order valence-electron chi connectivity index (χ2n) is 7.60. The van der Waals surface area contributed by atoms with Crippen LogP contribution in [0.3, 0.4) is 0 Å². The highest BCUT2D eigenvalue weighted by molar-refractivity contribution is 7.89. The fourth-order valence-corrected chi connectivity index (χ4v) is 4.67. The molecule has 1 saturated heterocycles. The number of nitrogens with zero attached hydrogens (tertiary/aromatic N) is 1. The van der Waals surface area contributed by atoms with Crippen molar-refractivity contribution in [3.8, 4) is 5.75 Å². The summed E-state index contributed by atoms with van der Waals surface area (Å²) < 4.78 is 33.3. The molecule has 1 aromatic carbocycles. The Morgan fingerprint density at radius 2 is 1.96 bits per heavy atom. The van der Waals surface area contributed by atoms with E-state index in [1.807, 2.05) is 7.05 Å². The number of benzene rings is 1. The van der Waals surface area contributed by atoms with Gasteiger partial charge < -0.3 is 15.0 Å². The van der Waals surface area contributed by atoms with Crippen LogP contribution in [0.1, 0.15) is 44.0 Å². The van der Waals surface area contributed by atoms with Crippen LogP contribution in [0.5, 0.6) is 5.75 Å². The van der Waals surface area contributed by atoms with Crippen molar-refractivity contribution < 1.29 is 17.9 Å². The average molecular weight is 420 g/mol. The second kappa shape index (κ2) is 9.23. The van der Waals surface area contributed by atoms with Gasteiger partial charge in [-0.1, -0.05) is 0 Å². The van der Waals surface area contributed by atoms with Gasteiger partial charge in [-0.3, -0.25) is 4.79 Å². The summed E-state index contributed by atoms with van der Waals surface area (Å²) in [6, 6.07) is 4.80. The van der Waals surface area contributed by atoms with Gasteiger partial charge in [0.25, 0.3) is 5.91 Å². The molecule has 0 aliphatic carbocycles. The largest absolute Gasteiger partial charge is 0.495 e. The highest BCUT2D eigenvalue weighted by Gasteiger charge is 2.28. The van der Waals surface area contributed by atoms with Crippen molar-refractivity contribution in [3.05, 3.63) is 23.8 Å². The monoisotopic (exact) mass is 419 g/mol. The van der Waals surface area contributed by atoms with Gasteiger partial charge in [0.2, 0.25) is 10.0 Å². The van der Waals surface area contributed by atoms with E-state index in [4.69, 9.17) is 4.74 Å². The predicted molar refractivity (Wildman–Crippen MR) is 108 cm³/mol. The molecule has 1 unspecified atom stereocenters. The molecule has 1 aliphatic rings. The Morgan fingerprint density at radius 1 is 1.30 bits per heavy atom. The Kier molecular flexibility index (Phi) is 8.10. The summed E-state index contributed by atoms with van der Waals surface area (Å²) >= 11 is 0. The molecule has 27 heavy (non-hydrogen) atoms. The molecule has 0 radical (unpaired) electrons. The number of piperidine rings is 1. The number of amides is 1. The number of likely N-dealkylation sites (N-methyl/N-ethyl adjacent to an activating group) is 1. The molecule has 0 spiro atoms. The van der Waals surface area contributed by atoms with Crippen molar-refractivity contribution in [1.82, 2.24) is 14.9 Å². The number of halogens is 1. The van der Waals surface area contributed by atoms with Crippen molar-refractivity contribution in [3.63, 3.8) is 0 Å². The van der Waals surface area contributed by atoms with Gasteiger partial charge >= 0.3 is 0 Å². The zero-order chi connectivity index (χ0) is 19.5. The minimum absolute atomic E-state index is 0. The Morgan fingerprint density at radius 3 is 2.52 bits per heavy atom. The second-order valence-corrected chi connectivity index (χ2v) is 9.25. The van der Waals surface area contributed by atoms with E-state index >= 15 is 0 Å². The number of rotatable bonds is 5. The Labute approximate surface area is 168 Å². The number of carbonyl (C=O) groups excluding carboxylic acids is 1. The molecule has 1 fully saturated rings. The summed E-state index contributed by atoms with van der Waals surface area (Å²) in [5.74, 6) is 0.0462. The highest BCUT2D eigenvalue weighted by atomic mass is 35.5. The lowest BCUT2D eigenvalue weighted by Gasteiger charge is -2.32. The molecule has 0 bridgehead atoms. The first-order valence-electron chi connectivity index (χ1n) is 8.76. The number of likely N-dealkylation sites (tertiary alicyclic amines) is 1. The maximum atomic E-state index is 12.9. The van der Waals surface area contributed by atoms with E-state index in [9.17, 15) is 13.2 Å². The summed E-state index contributed by atoms with van der Waals surface area (Å²) in [5, 5.41) is 3.20. The van der Waals surface area contributed by atoms with Gasteiger partial charge in [0, 0.05) is 30.2 Å². The van der Waals surface area contributed by atoms with Gasteiger partial charge in [0.1, 0.15) is 10.6 Å². The molecular formula is C18H30ClN3O4S. The number of methoxy groups -OCH3 is 1. The molecule has 1 atom stereocenters. The molecular weight excluding hydrogens is 390 g/mol. The highest BCUT2D eigenvalue weighted by Crippen LogP contribution is 2.27. The van der Waals surface area contributed by atoms with Gasteiger partial charge in [-0.05, 0) is 58.9 Å². The van der Waals surface area contributed by atoms with E-state index < -0.39 is 15.6 Å². The number of ether oxygens (including phenoxy) is 1. The van der Waals surface area contributed by atoms with Crippen LogP contribution >= 0.6 is 12.4 Å². The maximum Gasteiger partial charge on any atom is 0.253 e. The number of hydrogen-bond donors (Lipinski definition) is 2. The van der Waals surface area contributed by atoms with Crippen LogP contribution in [0.15, 0.2) is 23.1 Å². The van der Waals surface area contributed by atoms with Crippen LogP contribution in [0.2, 0.25) is 0 Å². The third-order valence-corrected chi connectivity index (χ3v) is 6.04. The number of sulfonamides is 1.